The minimum atomic E-state index is -0.0101. The van der Waals surface area contributed by atoms with E-state index in [1.54, 1.807) is 6.07 Å². The van der Waals surface area contributed by atoms with Crippen molar-refractivity contribution >= 4 is 11.5 Å². The zero-order valence-corrected chi connectivity index (χ0v) is 16.0. The van der Waals surface area contributed by atoms with Gasteiger partial charge in [0.15, 0.2) is 0 Å². The highest BCUT2D eigenvalue weighted by atomic mass is 16.1. The maximum atomic E-state index is 13.0. The summed E-state index contributed by atoms with van der Waals surface area (Å²) in [6, 6.07) is 14.3. The number of benzene rings is 2. The third-order valence-corrected chi connectivity index (χ3v) is 5.28. The van der Waals surface area contributed by atoms with Crippen molar-refractivity contribution < 1.29 is 4.79 Å². The maximum absolute atomic E-state index is 13.0. The van der Waals surface area contributed by atoms with Crippen LogP contribution in [0.25, 0.3) is 11.1 Å². The molecule has 4 nitrogen and oxygen atoms in total. The maximum Gasteiger partial charge on any atom is 0.213 e. The van der Waals surface area contributed by atoms with E-state index in [0.717, 1.165) is 36.3 Å². The van der Waals surface area contributed by atoms with E-state index in [9.17, 15) is 10.1 Å². The summed E-state index contributed by atoms with van der Waals surface area (Å²) in [5.74, 6) is -0.0101. The van der Waals surface area contributed by atoms with Crippen LogP contribution in [0.4, 0.5) is 5.69 Å². The summed E-state index contributed by atoms with van der Waals surface area (Å²) in [5.41, 5.74) is 6.06. The molecule has 0 amide bonds. The van der Waals surface area contributed by atoms with Gasteiger partial charge in [-0.2, -0.15) is 5.26 Å². The highest BCUT2D eigenvalue weighted by Gasteiger charge is 2.35. The van der Waals surface area contributed by atoms with Gasteiger partial charge < -0.3 is 10.2 Å². The molecule has 2 aliphatic heterocycles. The predicted octanol–water partition coefficient (Wildman–Crippen LogP) is 4.36. The average molecular weight is 357 g/mol. The van der Waals surface area contributed by atoms with Gasteiger partial charge in [0, 0.05) is 30.4 Å². The summed E-state index contributed by atoms with van der Waals surface area (Å²) >= 11 is 0. The molecule has 0 aromatic heterocycles. The number of nitrogens with zero attached hydrogens (tertiary/aromatic N) is 2. The number of ketones is 1. The van der Waals surface area contributed by atoms with Crippen LogP contribution >= 0.6 is 0 Å². The van der Waals surface area contributed by atoms with E-state index in [1.807, 2.05) is 12.3 Å². The summed E-state index contributed by atoms with van der Waals surface area (Å²) in [7, 11) is 0. The van der Waals surface area contributed by atoms with E-state index in [2.05, 4.69) is 61.3 Å². The van der Waals surface area contributed by atoms with E-state index < -0.39 is 0 Å². The molecule has 0 aliphatic carbocycles. The van der Waals surface area contributed by atoms with Crippen LogP contribution in [0.15, 0.2) is 48.3 Å². The second-order valence-corrected chi connectivity index (χ2v) is 8.18. The number of carbonyl (C=O) groups excluding carboxylic acids is 1. The van der Waals surface area contributed by atoms with Crippen LogP contribution in [-0.4, -0.2) is 18.9 Å². The molecule has 27 heavy (non-hydrogen) atoms. The molecule has 1 N–H and O–H groups in total. The Morgan fingerprint density at radius 3 is 2.48 bits per heavy atom. The minimum Gasteiger partial charge on any atom is -0.389 e. The molecule has 2 aliphatic rings. The third-order valence-electron chi connectivity index (χ3n) is 5.28. The fourth-order valence-corrected chi connectivity index (χ4v) is 3.80. The Kier molecular flexibility index (Phi) is 4.04. The van der Waals surface area contributed by atoms with Gasteiger partial charge >= 0.3 is 0 Å². The van der Waals surface area contributed by atoms with Gasteiger partial charge in [-0.1, -0.05) is 45.0 Å². The number of nitrogens with one attached hydrogen (secondary N) is 1. The topological polar surface area (TPSA) is 56.1 Å². The summed E-state index contributed by atoms with van der Waals surface area (Å²) in [6.07, 6.45) is 2.77. The first-order chi connectivity index (χ1) is 12.9. The molecule has 2 aromatic rings. The van der Waals surface area contributed by atoms with Crippen LogP contribution in [0.2, 0.25) is 0 Å². The highest BCUT2D eigenvalue weighted by Crippen LogP contribution is 2.43. The Morgan fingerprint density at radius 1 is 1.11 bits per heavy atom. The van der Waals surface area contributed by atoms with Gasteiger partial charge in [0.05, 0.1) is 17.3 Å². The third kappa shape index (κ3) is 2.90. The average Bonchev–Trinajstić information content (AvgIpc) is 2.81. The lowest BCUT2D eigenvalue weighted by Gasteiger charge is -2.22. The molecule has 0 spiro atoms. The second kappa shape index (κ2) is 6.28. The standard InChI is InChI=1S/C23H23N3O/c1-23(2,3)17-7-5-16(6-8-17)18-11-15(13-24)12-19-21(18)26-10-4-9-25-14-20(26)22(19)27/h5-8,11-12,14,25H,4,9-10H2,1-3H3. The quantitative estimate of drug-likeness (QED) is 0.824. The summed E-state index contributed by atoms with van der Waals surface area (Å²) in [6.45, 7) is 8.22. The SMILES string of the molecule is CC(C)(C)c1ccc(-c2cc(C#N)cc3c2N2CCCNC=C2C3=O)cc1. The van der Waals surface area contributed by atoms with Crippen molar-refractivity contribution in [3.8, 4) is 17.2 Å². The number of anilines is 1. The number of rotatable bonds is 1. The van der Waals surface area contributed by atoms with Gasteiger partial charge in [-0.25, -0.2) is 0 Å². The van der Waals surface area contributed by atoms with Gasteiger partial charge in [-0.3, -0.25) is 4.79 Å². The molecule has 0 fully saturated rings. The molecule has 136 valence electrons. The van der Waals surface area contributed by atoms with Crippen LogP contribution in [0.3, 0.4) is 0 Å². The van der Waals surface area contributed by atoms with Gasteiger partial charge in [-0.15, -0.1) is 0 Å². The number of carbonyl (C=O) groups is 1. The summed E-state index contributed by atoms with van der Waals surface area (Å²) in [4.78, 5) is 15.1. The van der Waals surface area contributed by atoms with Gasteiger partial charge in [0.25, 0.3) is 0 Å². The van der Waals surface area contributed by atoms with Gasteiger partial charge in [-0.05, 0) is 35.1 Å². The van der Waals surface area contributed by atoms with E-state index in [4.69, 9.17) is 0 Å². The number of nitriles is 1. The minimum absolute atomic E-state index is 0.0101. The number of Topliss-reactive ketones (excluding diaryl/α,β-unsaturated/α-hetero) is 1. The molecule has 0 saturated heterocycles. The molecule has 0 bridgehead atoms. The van der Waals surface area contributed by atoms with E-state index in [-0.39, 0.29) is 11.2 Å². The first-order valence-electron chi connectivity index (χ1n) is 9.35. The zero-order chi connectivity index (χ0) is 19.2. The molecule has 0 atom stereocenters. The van der Waals surface area contributed by atoms with Crippen LogP contribution in [0.5, 0.6) is 0 Å². The summed E-state index contributed by atoms with van der Waals surface area (Å²) in [5, 5.41) is 12.7. The van der Waals surface area contributed by atoms with Crippen molar-refractivity contribution in [3.63, 3.8) is 0 Å². The van der Waals surface area contributed by atoms with Crippen molar-refractivity contribution in [2.24, 2.45) is 0 Å². The highest BCUT2D eigenvalue weighted by molar-refractivity contribution is 6.21. The molecular formula is C23H23N3O. The normalized spacial score (nSPS) is 16.0. The van der Waals surface area contributed by atoms with Crippen molar-refractivity contribution in [2.45, 2.75) is 32.6 Å². The summed E-state index contributed by atoms with van der Waals surface area (Å²) < 4.78 is 0. The Hall–Kier alpha value is -3.06. The number of allylic oxidation sites excluding steroid dienone is 1. The fraction of sp³-hybridized carbons (Fsp3) is 0.304. The molecule has 4 heteroatoms. The van der Waals surface area contributed by atoms with E-state index >= 15 is 0 Å². The van der Waals surface area contributed by atoms with Gasteiger partial charge in [0.2, 0.25) is 5.78 Å². The monoisotopic (exact) mass is 357 g/mol. The van der Waals surface area contributed by atoms with Crippen molar-refractivity contribution in [2.75, 3.05) is 18.0 Å². The fourth-order valence-electron chi connectivity index (χ4n) is 3.80. The lowest BCUT2D eigenvalue weighted by molar-refractivity contribution is 0.103. The number of fused-ring (bicyclic) bond motifs is 3. The Morgan fingerprint density at radius 2 is 1.81 bits per heavy atom. The van der Waals surface area contributed by atoms with Crippen LogP contribution in [-0.2, 0) is 5.41 Å². The van der Waals surface area contributed by atoms with Crippen molar-refractivity contribution in [1.29, 1.82) is 5.26 Å². The molecule has 0 saturated carbocycles. The van der Waals surface area contributed by atoms with E-state index in [0.29, 0.717) is 16.8 Å². The molecular weight excluding hydrogens is 334 g/mol. The number of hydrogen-bond donors (Lipinski definition) is 1. The molecule has 2 aromatic carbocycles. The lowest BCUT2D eigenvalue weighted by Crippen LogP contribution is -2.21. The zero-order valence-electron chi connectivity index (χ0n) is 16.0. The second-order valence-electron chi connectivity index (χ2n) is 8.18. The van der Waals surface area contributed by atoms with Crippen molar-refractivity contribution in [1.82, 2.24) is 5.32 Å². The van der Waals surface area contributed by atoms with Gasteiger partial charge in [0.1, 0.15) is 5.70 Å². The Bertz CT molecular complexity index is 988. The molecule has 0 unspecified atom stereocenters. The Balaban J connectivity index is 1.90. The van der Waals surface area contributed by atoms with Crippen LogP contribution in [0.1, 0.15) is 48.7 Å². The van der Waals surface area contributed by atoms with Crippen molar-refractivity contribution in [3.05, 3.63) is 65.0 Å². The van der Waals surface area contributed by atoms with E-state index in [1.165, 1.54) is 5.56 Å². The van der Waals surface area contributed by atoms with Crippen LogP contribution < -0.4 is 10.2 Å². The lowest BCUT2D eigenvalue weighted by atomic mass is 9.86. The first-order valence-corrected chi connectivity index (χ1v) is 9.35. The molecule has 4 rings (SSSR count). The Labute approximate surface area is 160 Å². The molecule has 2 heterocycles. The number of hydrogen-bond acceptors (Lipinski definition) is 4. The first kappa shape index (κ1) is 17.4. The predicted molar refractivity (Wildman–Crippen MR) is 108 cm³/mol. The smallest absolute Gasteiger partial charge is 0.213 e. The largest absolute Gasteiger partial charge is 0.389 e. The molecule has 0 radical (unpaired) electrons. The van der Waals surface area contributed by atoms with Crippen LogP contribution in [0, 0.1) is 11.3 Å².